The Hall–Kier alpha value is -3.34. The van der Waals surface area contributed by atoms with Crippen molar-refractivity contribution in [3.63, 3.8) is 0 Å². The number of hydrogen-bond donors (Lipinski definition) is 4. The quantitative estimate of drug-likeness (QED) is 0.289. The van der Waals surface area contributed by atoms with E-state index in [1.807, 2.05) is 0 Å². The van der Waals surface area contributed by atoms with Crippen molar-refractivity contribution >= 4 is 29.3 Å². The van der Waals surface area contributed by atoms with Gasteiger partial charge in [0.2, 0.25) is 0 Å². The number of benzene rings is 2. The molecule has 2 aromatic rings. The van der Waals surface area contributed by atoms with Crippen LogP contribution in [0.2, 0.25) is 5.02 Å². The minimum absolute atomic E-state index is 0.0964. The number of carbonyl (C=O) groups is 2. The minimum atomic E-state index is -4.82. The highest BCUT2D eigenvalue weighted by Gasteiger charge is 2.33. The molecule has 0 radical (unpaired) electrons. The second kappa shape index (κ2) is 9.65. The molecule has 0 saturated carbocycles. The van der Waals surface area contributed by atoms with E-state index in [1.54, 1.807) is 0 Å². The van der Waals surface area contributed by atoms with Crippen LogP contribution < -0.4 is 21.1 Å². The van der Waals surface area contributed by atoms with E-state index in [0.29, 0.717) is 17.7 Å². The summed E-state index contributed by atoms with van der Waals surface area (Å²) < 4.78 is 58.3. The Bertz CT molecular complexity index is 1030. The molecule has 0 spiro atoms. The van der Waals surface area contributed by atoms with Gasteiger partial charge in [-0.25, -0.2) is 4.39 Å². The summed E-state index contributed by atoms with van der Waals surface area (Å²) in [7, 11) is 1.40. The third kappa shape index (κ3) is 6.07. The monoisotopic (exact) mass is 460 g/mol. The van der Waals surface area contributed by atoms with E-state index in [9.17, 15) is 27.2 Å². The van der Waals surface area contributed by atoms with Crippen molar-refractivity contribution in [2.45, 2.75) is 12.7 Å². The number of nitrogens with one attached hydrogen (secondary N) is 3. The predicted octanol–water partition coefficient (Wildman–Crippen LogP) is 2.84. The highest BCUT2D eigenvalue weighted by Crippen LogP contribution is 2.33. The maximum atomic E-state index is 14.1. The smallest absolute Gasteiger partial charge is 0.416 e. The van der Waals surface area contributed by atoms with Crippen molar-refractivity contribution in [3.05, 3.63) is 63.4 Å². The van der Waals surface area contributed by atoms with Crippen LogP contribution in [0.15, 0.2) is 30.3 Å². The van der Waals surface area contributed by atoms with E-state index in [0.717, 1.165) is 0 Å². The standard InChI is InChI=1S/C19H17ClF4N4O3/c1-27-15(29)8-31-14-4-9(17(25)26)2-3-10(14)7-28-18(30)12-5-11(19(22,23)24)6-13(20)16(12)21/h2-6H,7-8H2,1H3,(H3,25,26)(H,27,29)(H,28,30). The van der Waals surface area contributed by atoms with Crippen LogP contribution in [0, 0.1) is 11.2 Å². The average Bonchev–Trinajstić information content (AvgIpc) is 2.71. The van der Waals surface area contributed by atoms with Gasteiger partial charge in [-0.2, -0.15) is 13.2 Å². The van der Waals surface area contributed by atoms with Crippen LogP contribution in [0.3, 0.4) is 0 Å². The second-order valence-corrected chi connectivity index (χ2v) is 6.61. The Morgan fingerprint density at radius 2 is 1.90 bits per heavy atom. The SMILES string of the molecule is CNC(=O)COc1cc(C(=N)N)ccc1CNC(=O)c1cc(C(F)(F)F)cc(Cl)c1F. The van der Waals surface area contributed by atoms with Gasteiger partial charge in [0, 0.05) is 24.7 Å². The number of halogens is 5. The Morgan fingerprint density at radius 3 is 2.48 bits per heavy atom. The number of nitrogen functional groups attached to an aromatic ring is 1. The normalized spacial score (nSPS) is 11.0. The third-order valence-electron chi connectivity index (χ3n) is 4.06. The molecule has 0 saturated heterocycles. The predicted molar refractivity (Wildman–Crippen MR) is 105 cm³/mol. The van der Waals surface area contributed by atoms with E-state index in [1.165, 1.54) is 25.2 Å². The summed E-state index contributed by atoms with van der Waals surface area (Å²) in [5.74, 6) is -3.07. The molecule has 0 bridgehead atoms. The number of amidine groups is 1. The number of likely N-dealkylation sites (N-methyl/N-ethyl adjacent to an activating group) is 1. The van der Waals surface area contributed by atoms with E-state index in [4.69, 9.17) is 27.5 Å². The number of alkyl halides is 3. The molecule has 2 rings (SSSR count). The summed E-state index contributed by atoms with van der Waals surface area (Å²) in [6, 6.07) is 4.98. The van der Waals surface area contributed by atoms with Gasteiger partial charge in [0.05, 0.1) is 16.1 Å². The molecular weight excluding hydrogens is 444 g/mol. The fourth-order valence-corrected chi connectivity index (χ4v) is 2.63. The van der Waals surface area contributed by atoms with E-state index >= 15 is 0 Å². The van der Waals surface area contributed by atoms with Crippen LogP contribution in [0.1, 0.15) is 27.0 Å². The highest BCUT2D eigenvalue weighted by atomic mass is 35.5. The van der Waals surface area contributed by atoms with Gasteiger partial charge in [0.25, 0.3) is 11.8 Å². The molecule has 0 aliphatic heterocycles. The molecule has 0 aliphatic rings. The lowest BCUT2D eigenvalue weighted by Gasteiger charge is -2.14. The summed E-state index contributed by atoms with van der Waals surface area (Å²) in [6.45, 7) is -0.663. The van der Waals surface area contributed by atoms with Gasteiger partial charge in [-0.1, -0.05) is 23.7 Å². The first kappa shape index (κ1) is 23.9. The van der Waals surface area contributed by atoms with E-state index in [2.05, 4.69) is 10.6 Å². The molecule has 0 aliphatic carbocycles. The summed E-state index contributed by atoms with van der Waals surface area (Å²) in [4.78, 5) is 23.8. The molecule has 0 unspecified atom stereocenters. The number of ether oxygens (including phenoxy) is 1. The van der Waals surface area contributed by atoms with Crippen molar-refractivity contribution < 1.29 is 31.9 Å². The third-order valence-corrected chi connectivity index (χ3v) is 4.33. The number of amides is 2. The first-order valence-corrected chi connectivity index (χ1v) is 8.97. The van der Waals surface area contributed by atoms with Crippen LogP contribution in [-0.2, 0) is 17.5 Å². The van der Waals surface area contributed by atoms with Gasteiger partial charge in [-0.3, -0.25) is 15.0 Å². The van der Waals surface area contributed by atoms with Gasteiger partial charge in [-0.05, 0) is 18.2 Å². The highest BCUT2D eigenvalue weighted by molar-refractivity contribution is 6.31. The van der Waals surface area contributed by atoms with Crippen molar-refractivity contribution in [1.29, 1.82) is 5.41 Å². The zero-order chi connectivity index (χ0) is 23.3. The number of nitrogens with two attached hydrogens (primary N) is 1. The summed E-state index contributed by atoms with van der Waals surface area (Å²) >= 11 is 5.50. The molecule has 12 heteroatoms. The second-order valence-electron chi connectivity index (χ2n) is 6.20. The first-order chi connectivity index (χ1) is 14.4. The summed E-state index contributed by atoms with van der Waals surface area (Å²) in [5.41, 5.74) is 3.85. The maximum absolute atomic E-state index is 14.1. The van der Waals surface area contributed by atoms with Crippen LogP contribution in [0.4, 0.5) is 17.6 Å². The Labute approximate surface area is 179 Å². The van der Waals surface area contributed by atoms with E-state index < -0.39 is 40.0 Å². The number of rotatable bonds is 7. The molecule has 7 nitrogen and oxygen atoms in total. The van der Waals surface area contributed by atoms with Crippen LogP contribution in [-0.4, -0.2) is 31.3 Å². The van der Waals surface area contributed by atoms with Gasteiger partial charge in [0.15, 0.2) is 12.4 Å². The molecule has 31 heavy (non-hydrogen) atoms. The van der Waals surface area contributed by atoms with Crippen molar-refractivity contribution in [3.8, 4) is 5.75 Å². The van der Waals surface area contributed by atoms with Crippen molar-refractivity contribution in [2.24, 2.45) is 5.73 Å². The van der Waals surface area contributed by atoms with Crippen LogP contribution in [0.25, 0.3) is 0 Å². The lowest BCUT2D eigenvalue weighted by atomic mass is 10.1. The number of hydrogen-bond acceptors (Lipinski definition) is 4. The molecule has 166 valence electrons. The van der Waals surface area contributed by atoms with Crippen molar-refractivity contribution in [2.75, 3.05) is 13.7 Å². The molecule has 0 fully saturated rings. The number of carbonyl (C=O) groups excluding carboxylic acids is 2. The minimum Gasteiger partial charge on any atom is -0.483 e. The fraction of sp³-hybridized carbons (Fsp3) is 0.211. The lowest BCUT2D eigenvalue weighted by molar-refractivity contribution is -0.137. The Morgan fingerprint density at radius 1 is 1.23 bits per heavy atom. The maximum Gasteiger partial charge on any atom is 0.416 e. The average molecular weight is 461 g/mol. The fourth-order valence-electron chi connectivity index (χ4n) is 2.41. The largest absolute Gasteiger partial charge is 0.483 e. The molecule has 0 heterocycles. The molecule has 2 aromatic carbocycles. The molecule has 0 aromatic heterocycles. The molecule has 2 amide bonds. The van der Waals surface area contributed by atoms with Gasteiger partial charge in [0.1, 0.15) is 11.6 Å². The van der Waals surface area contributed by atoms with Crippen LogP contribution >= 0.6 is 11.6 Å². The molecule has 5 N–H and O–H groups in total. The topological polar surface area (TPSA) is 117 Å². The zero-order valence-corrected chi connectivity index (χ0v) is 16.7. The van der Waals surface area contributed by atoms with Gasteiger partial charge >= 0.3 is 6.18 Å². The molecule has 0 atom stereocenters. The Kier molecular flexibility index (Phi) is 7.45. The summed E-state index contributed by atoms with van der Waals surface area (Å²) in [6.07, 6.45) is -4.82. The van der Waals surface area contributed by atoms with Crippen molar-refractivity contribution in [1.82, 2.24) is 10.6 Å². The lowest BCUT2D eigenvalue weighted by Crippen LogP contribution is -2.27. The van der Waals surface area contributed by atoms with Gasteiger partial charge < -0.3 is 21.1 Å². The van der Waals surface area contributed by atoms with Crippen LogP contribution in [0.5, 0.6) is 5.75 Å². The van der Waals surface area contributed by atoms with E-state index in [-0.39, 0.29) is 30.3 Å². The zero-order valence-electron chi connectivity index (χ0n) is 16.0. The molecular formula is C19H17ClF4N4O3. The first-order valence-electron chi connectivity index (χ1n) is 8.59. The summed E-state index contributed by atoms with van der Waals surface area (Å²) in [5, 5.41) is 11.3. The van der Waals surface area contributed by atoms with Gasteiger partial charge in [-0.15, -0.1) is 0 Å². The Balaban J connectivity index is 2.27.